The Hall–Kier alpha value is -1.51. The van der Waals surface area contributed by atoms with Gasteiger partial charge in [-0.2, -0.15) is 0 Å². The minimum absolute atomic E-state index is 0.0580. The predicted molar refractivity (Wildman–Crippen MR) is 451 cm³/mol. The summed E-state index contributed by atoms with van der Waals surface area (Å²) in [6.07, 6.45) is 115. The molecule has 0 heterocycles. The first-order valence-electron chi connectivity index (χ1n) is 46.8. The number of hydrogen-bond acceptors (Lipinski definition) is 8. The molecule has 0 spiro atoms. The normalized spacial score (nSPS) is 12.8. The fourth-order valence-corrected chi connectivity index (χ4v) is 15.7. The summed E-state index contributed by atoms with van der Waals surface area (Å²) in [4.78, 5) is 35.6. The molecular weight excluding hydrogens is 1290 g/mol. The number of hydrogen-bond donors (Lipinski definition) is 2. The van der Waals surface area contributed by atoms with Crippen LogP contribution in [0.4, 0.5) is 0 Å². The Kier molecular flexibility index (Phi) is 88.1. The van der Waals surface area contributed by atoms with E-state index in [9.17, 15) is 19.0 Å². The number of allylic oxidation sites excluding steroid dienone is 4. The molecule has 0 saturated carbocycles. The van der Waals surface area contributed by atoms with Crippen molar-refractivity contribution in [2.24, 2.45) is 5.73 Å². The van der Waals surface area contributed by atoms with Crippen LogP contribution in [0.25, 0.3) is 0 Å². The van der Waals surface area contributed by atoms with Crippen molar-refractivity contribution in [1.29, 1.82) is 0 Å². The summed E-state index contributed by atoms with van der Waals surface area (Å²) < 4.78 is 33.4. The van der Waals surface area contributed by atoms with Crippen LogP contribution in [0.15, 0.2) is 24.3 Å². The number of unbranched alkanes of at least 4 members (excludes halogenated alkanes) is 74. The first-order chi connectivity index (χ1) is 50.8. The highest BCUT2D eigenvalue weighted by Gasteiger charge is 2.26. The number of carbonyl (C=O) groups excluding carboxylic acids is 2. The molecule has 0 rings (SSSR count). The van der Waals surface area contributed by atoms with Gasteiger partial charge < -0.3 is 20.1 Å². The van der Waals surface area contributed by atoms with Crippen molar-refractivity contribution in [3.63, 3.8) is 0 Å². The highest BCUT2D eigenvalue weighted by molar-refractivity contribution is 7.47. The number of esters is 2. The molecule has 0 aliphatic rings. The lowest BCUT2D eigenvalue weighted by atomic mass is 10.0. The van der Waals surface area contributed by atoms with Gasteiger partial charge in [-0.1, -0.05) is 494 Å². The van der Waals surface area contributed by atoms with Crippen molar-refractivity contribution in [3.05, 3.63) is 24.3 Å². The van der Waals surface area contributed by atoms with Crippen LogP contribution < -0.4 is 5.73 Å². The molecule has 0 aromatic carbocycles. The molecule has 2 atom stereocenters. The van der Waals surface area contributed by atoms with Crippen molar-refractivity contribution >= 4 is 19.8 Å². The first-order valence-corrected chi connectivity index (χ1v) is 48.3. The number of rotatable bonds is 91. The lowest BCUT2D eigenvalue weighted by Crippen LogP contribution is -2.29. The summed E-state index contributed by atoms with van der Waals surface area (Å²) in [6, 6.07) is 0. The lowest BCUT2D eigenvalue weighted by molar-refractivity contribution is -0.161. The second kappa shape index (κ2) is 89.4. The summed E-state index contributed by atoms with van der Waals surface area (Å²) in [5.74, 6) is -0.794. The van der Waals surface area contributed by atoms with Gasteiger partial charge in [0.1, 0.15) is 6.61 Å². The van der Waals surface area contributed by atoms with Crippen LogP contribution in [0.5, 0.6) is 0 Å². The fraction of sp³-hybridized carbons (Fsp3) is 0.935. The molecule has 0 radical (unpaired) electrons. The van der Waals surface area contributed by atoms with E-state index >= 15 is 0 Å². The third-order valence-electron chi connectivity index (χ3n) is 21.8. The van der Waals surface area contributed by atoms with Crippen molar-refractivity contribution in [2.75, 3.05) is 26.4 Å². The van der Waals surface area contributed by atoms with E-state index in [1.165, 1.54) is 456 Å². The van der Waals surface area contributed by atoms with Gasteiger partial charge in [0.05, 0.1) is 13.2 Å². The average Bonchev–Trinajstić information content (AvgIpc) is 0.970. The molecular formula is C93H182NO8P. The van der Waals surface area contributed by atoms with Gasteiger partial charge in [0.2, 0.25) is 0 Å². The quantitative estimate of drug-likeness (QED) is 0.0264. The number of nitrogens with two attached hydrogens (primary N) is 1. The van der Waals surface area contributed by atoms with Crippen LogP contribution in [0, 0.1) is 0 Å². The van der Waals surface area contributed by atoms with E-state index in [-0.39, 0.29) is 38.6 Å². The molecule has 0 amide bonds. The van der Waals surface area contributed by atoms with Crippen molar-refractivity contribution in [3.8, 4) is 0 Å². The predicted octanol–water partition coefficient (Wildman–Crippen LogP) is 31.9. The van der Waals surface area contributed by atoms with Gasteiger partial charge in [0.25, 0.3) is 0 Å². The molecule has 0 aliphatic carbocycles. The van der Waals surface area contributed by atoms with Gasteiger partial charge >= 0.3 is 19.8 Å². The Morgan fingerprint density at radius 1 is 0.291 bits per heavy atom. The highest BCUT2D eigenvalue weighted by Crippen LogP contribution is 2.43. The van der Waals surface area contributed by atoms with Crippen LogP contribution in [0.3, 0.4) is 0 Å². The summed E-state index contributed by atoms with van der Waals surface area (Å²) >= 11 is 0. The van der Waals surface area contributed by atoms with Crippen LogP contribution in [0.1, 0.15) is 528 Å². The number of phosphoric ester groups is 1. The van der Waals surface area contributed by atoms with Crippen LogP contribution in [-0.4, -0.2) is 49.3 Å². The summed E-state index contributed by atoms with van der Waals surface area (Å²) in [5, 5.41) is 0. The second-order valence-electron chi connectivity index (χ2n) is 32.2. The van der Waals surface area contributed by atoms with Crippen molar-refractivity contribution < 1.29 is 37.6 Å². The van der Waals surface area contributed by atoms with Crippen LogP contribution in [-0.2, 0) is 32.7 Å². The summed E-state index contributed by atoms with van der Waals surface area (Å²) in [7, 11) is -4.40. The maximum absolute atomic E-state index is 12.8. The van der Waals surface area contributed by atoms with E-state index in [1.807, 2.05) is 0 Å². The molecule has 3 N–H and O–H groups in total. The smallest absolute Gasteiger partial charge is 0.462 e. The monoisotopic (exact) mass is 1470 g/mol. The molecule has 2 unspecified atom stereocenters. The maximum Gasteiger partial charge on any atom is 0.472 e. The molecule has 0 aromatic heterocycles. The second-order valence-corrected chi connectivity index (χ2v) is 33.7. The van der Waals surface area contributed by atoms with Crippen LogP contribution in [0.2, 0.25) is 0 Å². The lowest BCUT2D eigenvalue weighted by Gasteiger charge is -2.19. The summed E-state index contributed by atoms with van der Waals surface area (Å²) in [6.45, 7) is 3.84. The Balaban J connectivity index is 3.66. The van der Waals surface area contributed by atoms with E-state index in [0.29, 0.717) is 6.42 Å². The summed E-state index contributed by atoms with van der Waals surface area (Å²) in [5.41, 5.74) is 5.43. The maximum atomic E-state index is 12.8. The Morgan fingerprint density at radius 3 is 0.738 bits per heavy atom. The van der Waals surface area contributed by atoms with Gasteiger partial charge in [-0.05, 0) is 44.9 Å². The SMILES string of the molecule is CCCCCCC/C=C\C/C=C\CCCCCCCCCCCCCCCCCCCCCCCCCCCCCCCC(=O)OC(COC(=O)CCCCCCCCCCCCCCCCCCCCCCCCCCCCCCCCCCCCCCCCCCC)COP(=O)(O)OCCN. The van der Waals surface area contributed by atoms with E-state index in [0.717, 1.165) is 38.5 Å². The highest BCUT2D eigenvalue weighted by atomic mass is 31.2. The third kappa shape index (κ3) is 89.3. The molecule has 0 fully saturated rings. The molecule has 0 saturated heterocycles. The fourth-order valence-electron chi connectivity index (χ4n) is 14.9. The number of ether oxygens (including phenoxy) is 2. The Bertz CT molecular complexity index is 1740. The van der Waals surface area contributed by atoms with Crippen molar-refractivity contribution in [2.45, 2.75) is 534 Å². The van der Waals surface area contributed by atoms with E-state index in [4.69, 9.17) is 24.3 Å². The minimum Gasteiger partial charge on any atom is -0.462 e. The van der Waals surface area contributed by atoms with Gasteiger partial charge in [0.15, 0.2) is 6.10 Å². The van der Waals surface area contributed by atoms with Crippen LogP contribution >= 0.6 is 7.82 Å². The molecule has 0 bridgehead atoms. The minimum atomic E-state index is -4.40. The van der Waals surface area contributed by atoms with Gasteiger partial charge in [-0.3, -0.25) is 18.6 Å². The molecule has 10 heteroatoms. The molecule has 612 valence electrons. The Labute approximate surface area is 643 Å². The van der Waals surface area contributed by atoms with Gasteiger partial charge in [-0.15, -0.1) is 0 Å². The van der Waals surface area contributed by atoms with E-state index in [1.54, 1.807) is 0 Å². The van der Waals surface area contributed by atoms with Crippen molar-refractivity contribution in [1.82, 2.24) is 0 Å². The first kappa shape index (κ1) is 101. The number of phosphoric acid groups is 1. The zero-order chi connectivity index (χ0) is 74.3. The molecule has 0 aromatic rings. The van der Waals surface area contributed by atoms with E-state index < -0.39 is 26.5 Å². The zero-order valence-electron chi connectivity index (χ0n) is 69.6. The Morgan fingerprint density at radius 2 is 0.505 bits per heavy atom. The standard InChI is InChI=1S/C93H182NO8P/c1-3-5-7-9-11-13-15-17-19-21-23-25-27-29-31-33-35-37-39-41-43-45-47-49-51-53-55-57-59-61-63-65-67-69-71-73-75-77-79-81-83-85-92(95)99-89-91(90-101-103(97,98)100-88-87-94)102-93(96)86-84-82-80-78-76-74-72-70-68-66-64-62-60-58-56-54-52-50-48-46-44-42-40-38-36-34-32-30-28-26-24-22-20-18-16-14-12-10-8-6-4-2/h16,18,22,24,91H,3-15,17,19-21,23,25-90,94H2,1-2H3,(H,97,98)/b18-16-,24-22-. The largest absolute Gasteiger partial charge is 0.472 e. The third-order valence-corrected chi connectivity index (χ3v) is 22.8. The zero-order valence-corrected chi connectivity index (χ0v) is 70.5. The topological polar surface area (TPSA) is 134 Å². The molecule has 103 heavy (non-hydrogen) atoms. The van der Waals surface area contributed by atoms with Gasteiger partial charge in [0, 0.05) is 19.4 Å². The number of carbonyl (C=O) groups is 2. The van der Waals surface area contributed by atoms with Gasteiger partial charge in [-0.25, -0.2) is 4.57 Å². The molecule has 9 nitrogen and oxygen atoms in total. The molecule has 0 aliphatic heterocycles. The van der Waals surface area contributed by atoms with E-state index in [2.05, 4.69) is 38.2 Å². The average molecular weight is 1470 g/mol.